The summed E-state index contributed by atoms with van der Waals surface area (Å²) >= 11 is 0. The quantitative estimate of drug-likeness (QED) is 0.729. The zero-order valence-electron chi connectivity index (χ0n) is 14.0. The lowest BCUT2D eigenvalue weighted by atomic mass is 9.50. The van der Waals surface area contributed by atoms with E-state index in [-0.39, 0.29) is 23.7 Å². The third-order valence-electron chi connectivity index (χ3n) is 7.33. The van der Waals surface area contributed by atoms with Gasteiger partial charge in [-0.25, -0.2) is 0 Å². The average Bonchev–Trinajstić information content (AvgIpc) is 2.57. The van der Waals surface area contributed by atoms with Gasteiger partial charge in [-0.2, -0.15) is 0 Å². The largest absolute Gasteiger partial charge is 0.504 e. The summed E-state index contributed by atoms with van der Waals surface area (Å²) in [7, 11) is 0. The van der Waals surface area contributed by atoms with Crippen molar-refractivity contribution >= 4 is 0 Å². The normalized spacial score (nSPS) is 43.0. The fourth-order valence-corrected chi connectivity index (χ4v) is 6.67. The molecule has 1 heterocycles. The number of benzene rings is 1. The Morgan fingerprint density at radius 1 is 1.00 bits per heavy atom. The molecule has 0 spiro atoms. The number of phenolic OH excluding ortho intramolecular Hbond substituents is 2. The van der Waals surface area contributed by atoms with Gasteiger partial charge in [-0.3, -0.25) is 0 Å². The van der Waals surface area contributed by atoms with Gasteiger partial charge < -0.3 is 20.7 Å². The number of fused-ring (bicyclic) bond motifs is 1. The summed E-state index contributed by atoms with van der Waals surface area (Å²) in [5.74, 6) is 4.06. The first-order valence-corrected chi connectivity index (χ1v) is 9.53. The van der Waals surface area contributed by atoms with Crippen LogP contribution in [0.4, 0.5) is 0 Å². The van der Waals surface area contributed by atoms with Crippen LogP contribution in [0.5, 0.6) is 11.5 Å². The second-order valence-corrected chi connectivity index (χ2v) is 8.61. The maximum atomic E-state index is 10.4. The molecule has 1 aromatic carbocycles. The van der Waals surface area contributed by atoms with Crippen LogP contribution in [0, 0.1) is 29.6 Å². The molecule has 2 unspecified atom stereocenters. The van der Waals surface area contributed by atoms with Gasteiger partial charge in [0.15, 0.2) is 11.5 Å². The summed E-state index contributed by atoms with van der Waals surface area (Å²) in [4.78, 5) is 0. The van der Waals surface area contributed by atoms with Crippen molar-refractivity contribution in [3.8, 4) is 11.5 Å². The first-order valence-electron chi connectivity index (χ1n) is 9.53. The fourth-order valence-electron chi connectivity index (χ4n) is 6.67. The predicted octanol–water partition coefficient (Wildman–Crippen LogP) is 3.11. The van der Waals surface area contributed by atoms with E-state index in [0.29, 0.717) is 18.9 Å². The molecule has 4 aliphatic carbocycles. The van der Waals surface area contributed by atoms with Crippen LogP contribution in [0.3, 0.4) is 0 Å². The van der Waals surface area contributed by atoms with Crippen LogP contribution in [0.2, 0.25) is 0 Å². The van der Waals surface area contributed by atoms with E-state index in [1.165, 1.54) is 32.1 Å². The van der Waals surface area contributed by atoms with Crippen molar-refractivity contribution in [3.05, 3.63) is 23.3 Å². The Balaban J connectivity index is 1.48. The Hall–Kier alpha value is -1.26. The molecule has 4 bridgehead atoms. The minimum absolute atomic E-state index is 0.0306. The van der Waals surface area contributed by atoms with Gasteiger partial charge in [-0.15, -0.1) is 0 Å². The highest BCUT2D eigenvalue weighted by atomic mass is 16.5. The minimum atomic E-state index is -0.164. The SMILES string of the molecule is NCC1OC(C2C3CC4CC(C3)CC2C4)Cc2c1ccc(O)c2O. The van der Waals surface area contributed by atoms with Gasteiger partial charge in [-0.05, 0) is 73.3 Å². The number of phenols is 2. The zero-order valence-corrected chi connectivity index (χ0v) is 14.0. The van der Waals surface area contributed by atoms with E-state index >= 15 is 0 Å². The van der Waals surface area contributed by atoms with Crippen molar-refractivity contribution in [3.63, 3.8) is 0 Å². The molecule has 2 atom stereocenters. The van der Waals surface area contributed by atoms with Crippen LogP contribution >= 0.6 is 0 Å². The summed E-state index contributed by atoms with van der Waals surface area (Å²) in [6, 6.07) is 3.40. The van der Waals surface area contributed by atoms with Gasteiger partial charge in [0.25, 0.3) is 0 Å². The number of nitrogens with two attached hydrogens (primary N) is 1. The second-order valence-electron chi connectivity index (χ2n) is 8.61. The average molecular weight is 329 g/mol. The lowest BCUT2D eigenvalue weighted by Gasteiger charge is -2.57. The fraction of sp³-hybridized carbons (Fsp3) is 0.700. The molecular weight excluding hydrogens is 302 g/mol. The van der Waals surface area contributed by atoms with E-state index in [1.54, 1.807) is 6.07 Å². The van der Waals surface area contributed by atoms with Crippen LogP contribution in [0.15, 0.2) is 12.1 Å². The van der Waals surface area contributed by atoms with E-state index in [9.17, 15) is 10.2 Å². The van der Waals surface area contributed by atoms with Crippen molar-refractivity contribution in [2.45, 2.75) is 50.7 Å². The Morgan fingerprint density at radius 3 is 2.29 bits per heavy atom. The number of hydrogen-bond acceptors (Lipinski definition) is 4. The molecule has 4 saturated carbocycles. The third kappa shape index (κ3) is 2.12. The number of rotatable bonds is 2. The molecule has 24 heavy (non-hydrogen) atoms. The Bertz CT molecular complexity index is 631. The predicted molar refractivity (Wildman–Crippen MR) is 90.7 cm³/mol. The highest BCUT2D eigenvalue weighted by Gasteiger charge is 2.52. The molecule has 0 saturated heterocycles. The summed E-state index contributed by atoms with van der Waals surface area (Å²) in [5.41, 5.74) is 7.78. The lowest BCUT2D eigenvalue weighted by Crippen LogP contribution is -2.51. The molecule has 1 aliphatic heterocycles. The highest BCUT2D eigenvalue weighted by molar-refractivity contribution is 5.51. The molecule has 6 rings (SSSR count). The zero-order chi connectivity index (χ0) is 16.4. The Morgan fingerprint density at radius 2 is 1.67 bits per heavy atom. The van der Waals surface area contributed by atoms with Crippen LogP contribution in [0.25, 0.3) is 0 Å². The van der Waals surface area contributed by atoms with Gasteiger partial charge in [0, 0.05) is 18.5 Å². The second kappa shape index (κ2) is 5.37. The van der Waals surface area contributed by atoms with Crippen LogP contribution < -0.4 is 5.73 Å². The van der Waals surface area contributed by atoms with E-state index in [1.807, 2.05) is 6.07 Å². The summed E-state index contributed by atoms with van der Waals surface area (Å²) < 4.78 is 6.47. The van der Waals surface area contributed by atoms with Gasteiger partial charge in [0.05, 0.1) is 12.2 Å². The smallest absolute Gasteiger partial charge is 0.161 e. The van der Waals surface area contributed by atoms with Crippen molar-refractivity contribution in [2.24, 2.45) is 35.3 Å². The number of ether oxygens (including phenoxy) is 1. The molecule has 0 radical (unpaired) electrons. The van der Waals surface area contributed by atoms with Gasteiger partial charge in [-0.1, -0.05) is 6.07 Å². The third-order valence-corrected chi connectivity index (χ3v) is 7.33. The van der Waals surface area contributed by atoms with Gasteiger partial charge in [0.2, 0.25) is 0 Å². The van der Waals surface area contributed by atoms with Gasteiger partial charge in [0.1, 0.15) is 0 Å². The molecule has 0 amide bonds. The number of aromatic hydroxyl groups is 2. The highest BCUT2D eigenvalue weighted by Crippen LogP contribution is 2.59. The maximum absolute atomic E-state index is 10.4. The van der Waals surface area contributed by atoms with E-state index in [0.717, 1.165) is 34.8 Å². The monoisotopic (exact) mass is 329 g/mol. The molecule has 1 aromatic rings. The first-order chi connectivity index (χ1) is 11.6. The Labute approximate surface area is 143 Å². The van der Waals surface area contributed by atoms with Gasteiger partial charge >= 0.3 is 0 Å². The molecule has 4 N–H and O–H groups in total. The molecule has 5 aliphatic rings. The van der Waals surface area contributed by atoms with E-state index in [2.05, 4.69) is 0 Å². The van der Waals surface area contributed by atoms with E-state index < -0.39 is 0 Å². The summed E-state index contributed by atoms with van der Waals surface area (Å²) in [6.45, 7) is 0.418. The molecule has 4 heteroatoms. The topological polar surface area (TPSA) is 75.7 Å². The molecule has 4 nitrogen and oxygen atoms in total. The molecule has 130 valence electrons. The molecule has 0 aromatic heterocycles. The van der Waals surface area contributed by atoms with Crippen molar-refractivity contribution in [2.75, 3.05) is 6.54 Å². The molecular formula is C20H27NO3. The van der Waals surface area contributed by atoms with Crippen LogP contribution in [-0.4, -0.2) is 22.9 Å². The minimum Gasteiger partial charge on any atom is -0.504 e. The van der Waals surface area contributed by atoms with E-state index in [4.69, 9.17) is 10.5 Å². The lowest BCUT2D eigenvalue weighted by molar-refractivity contribution is -0.135. The standard InChI is InChI=1S/C20H27NO3/c21-9-18-14-1-2-16(22)20(23)15(14)8-17(24-18)19-12-4-10-3-11(6-12)7-13(19)5-10/h1-2,10-13,17-19,22-23H,3-9,21H2. The Kier molecular flexibility index (Phi) is 3.36. The van der Waals surface area contributed by atoms with Crippen molar-refractivity contribution in [1.82, 2.24) is 0 Å². The first kappa shape index (κ1) is 15.0. The van der Waals surface area contributed by atoms with Crippen molar-refractivity contribution in [1.29, 1.82) is 0 Å². The van der Waals surface area contributed by atoms with Crippen LogP contribution in [-0.2, 0) is 11.2 Å². The van der Waals surface area contributed by atoms with Crippen molar-refractivity contribution < 1.29 is 14.9 Å². The van der Waals surface area contributed by atoms with Crippen LogP contribution in [0.1, 0.15) is 49.3 Å². The summed E-state index contributed by atoms with van der Waals surface area (Å²) in [5, 5.41) is 20.3. The maximum Gasteiger partial charge on any atom is 0.161 e. The summed E-state index contributed by atoms with van der Waals surface area (Å²) in [6.07, 6.45) is 7.59. The molecule has 4 fully saturated rings. The number of hydrogen-bond donors (Lipinski definition) is 3.